The summed E-state index contributed by atoms with van der Waals surface area (Å²) in [4.78, 5) is 16.3. The zero-order chi connectivity index (χ0) is 20.9. The van der Waals surface area contributed by atoms with Gasteiger partial charge in [-0.1, -0.05) is 35.5 Å². The molecule has 1 amide bonds. The van der Waals surface area contributed by atoms with Crippen molar-refractivity contribution in [2.24, 2.45) is 0 Å². The summed E-state index contributed by atoms with van der Waals surface area (Å²) >= 11 is 0. The highest BCUT2D eigenvalue weighted by Gasteiger charge is 2.12. The molecule has 30 heavy (non-hydrogen) atoms. The Morgan fingerprint density at radius 3 is 2.47 bits per heavy atom. The lowest BCUT2D eigenvalue weighted by Gasteiger charge is -2.08. The molecule has 0 radical (unpaired) electrons. The number of ether oxygens (including phenoxy) is 1. The lowest BCUT2D eigenvalue weighted by Crippen LogP contribution is -2.20. The van der Waals surface area contributed by atoms with Crippen LogP contribution in [0.5, 0.6) is 5.75 Å². The van der Waals surface area contributed by atoms with Gasteiger partial charge in [-0.2, -0.15) is 4.98 Å². The summed E-state index contributed by atoms with van der Waals surface area (Å²) in [6, 6.07) is 19.1. The molecule has 150 valence electrons. The predicted octanol–water partition coefficient (Wildman–Crippen LogP) is 4.70. The van der Waals surface area contributed by atoms with E-state index in [1.54, 1.807) is 24.3 Å². The summed E-state index contributed by atoms with van der Waals surface area (Å²) in [5, 5.41) is 6.30. The number of rotatable bonds is 6. The molecule has 4 rings (SSSR count). The lowest BCUT2D eigenvalue weighted by atomic mass is 10.2. The van der Waals surface area contributed by atoms with E-state index in [1.165, 1.54) is 0 Å². The van der Waals surface area contributed by atoms with E-state index in [9.17, 15) is 13.6 Å². The standard InChI is InChI=1S/C22H15F2N3O3/c23-16-8-11-19(18(24)12-16)25-20(28)13-29-17-9-6-15(7-10-17)22-26-21(27-30-22)14-4-2-1-3-5-14/h1-12H,13H2,(H,25,28). The van der Waals surface area contributed by atoms with E-state index in [0.29, 0.717) is 29.1 Å². The minimum atomic E-state index is -0.859. The second kappa shape index (κ2) is 8.52. The number of carbonyl (C=O) groups is 1. The second-order valence-corrected chi connectivity index (χ2v) is 6.27. The van der Waals surface area contributed by atoms with E-state index in [4.69, 9.17) is 9.26 Å². The normalized spacial score (nSPS) is 10.6. The highest BCUT2D eigenvalue weighted by atomic mass is 19.1. The van der Waals surface area contributed by atoms with Gasteiger partial charge in [0.15, 0.2) is 6.61 Å². The van der Waals surface area contributed by atoms with Crippen LogP contribution >= 0.6 is 0 Å². The van der Waals surface area contributed by atoms with Crippen LogP contribution in [-0.4, -0.2) is 22.7 Å². The first kappa shape index (κ1) is 19.3. The van der Waals surface area contributed by atoms with Crippen LogP contribution in [-0.2, 0) is 4.79 Å². The van der Waals surface area contributed by atoms with Crippen LogP contribution in [0.25, 0.3) is 22.8 Å². The molecule has 0 atom stereocenters. The number of nitrogens with one attached hydrogen (secondary N) is 1. The Labute approximate surface area is 170 Å². The lowest BCUT2D eigenvalue weighted by molar-refractivity contribution is -0.118. The van der Waals surface area contributed by atoms with Crippen LogP contribution in [0.3, 0.4) is 0 Å². The number of carbonyl (C=O) groups excluding carboxylic acids is 1. The third kappa shape index (κ3) is 4.49. The van der Waals surface area contributed by atoms with Crippen LogP contribution in [0.4, 0.5) is 14.5 Å². The van der Waals surface area contributed by atoms with Crippen molar-refractivity contribution in [1.82, 2.24) is 10.1 Å². The van der Waals surface area contributed by atoms with Crippen molar-refractivity contribution >= 4 is 11.6 Å². The summed E-state index contributed by atoms with van der Waals surface area (Å²) in [5.74, 6) is -0.896. The van der Waals surface area contributed by atoms with Crippen molar-refractivity contribution in [3.05, 3.63) is 84.4 Å². The van der Waals surface area contributed by atoms with Crippen LogP contribution in [0.15, 0.2) is 77.3 Å². The Kier molecular flexibility index (Phi) is 5.47. The summed E-state index contributed by atoms with van der Waals surface area (Å²) < 4.78 is 37.2. The minimum Gasteiger partial charge on any atom is -0.484 e. The van der Waals surface area contributed by atoms with Gasteiger partial charge in [0.1, 0.15) is 17.4 Å². The topological polar surface area (TPSA) is 77.2 Å². The predicted molar refractivity (Wildman–Crippen MR) is 106 cm³/mol. The quantitative estimate of drug-likeness (QED) is 0.501. The number of hydrogen-bond acceptors (Lipinski definition) is 5. The third-order valence-electron chi connectivity index (χ3n) is 4.13. The van der Waals surface area contributed by atoms with Gasteiger partial charge in [-0.25, -0.2) is 8.78 Å². The first-order valence-corrected chi connectivity index (χ1v) is 8.96. The molecule has 0 unspecified atom stereocenters. The zero-order valence-electron chi connectivity index (χ0n) is 15.5. The molecule has 1 N–H and O–H groups in total. The van der Waals surface area contributed by atoms with Crippen molar-refractivity contribution in [2.75, 3.05) is 11.9 Å². The molecule has 0 aliphatic heterocycles. The molecule has 0 saturated carbocycles. The number of halogens is 2. The van der Waals surface area contributed by atoms with Gasteiger partial charge in [-0.15, -0.1) is 0 Å². The number of hydrogen-bond donors (Lipinski definition) is 1. The molecule has 0 aliphatic carbocycles. The summed E-state index contributed by atoms with van der Waals surface area (Å²) in [5.41, 5.74) is 1.41. The third-order valence-corrected chi connectivity index (χ3v) is 4.13. The summed E-state index contributed by atoms with van der Waals surface area (Å²) in [6.07, 6.45) is 0. The number of anilines is 1. The summed E-state index contributed by atoms with van der Waals surface area (Å²) in [7, 11) is 0. The fourth-order valence-electron chi connectivity index (χ4n) is 2.66. The molecule has 0 fully saturated rings. The Hall–Kier alpha value is -4.07. The second-order valence-electron chi connectivity index (χ2n) is 6.27. The molecular formula is C22H15F2N3O3. The number of amides is 1. The van der Waals surface area contributed by atoms with Gasteiger partial charge in [0.25, 0.3) is 11.8 Å². The zero-order valence-corrected chi connectivity index (χ0v) is 15.5. The smallest absolute Gasteiger partial charge is 0.262 e. The van der Waals surface area contributed by atoms with Crippen LogP contribution in [0, 0.1) is 11.6 Å². The molecule has 1 heterocycles. The fraction of sp³-hybridized carbons (Fsp3) is 0.0455. The Morgan fingerprint density at radius 2 is 1.73 bits per heavy atom. The SMILES string of the molecule is O=C(COc1ccc(-c2nc(-c3ccccc3)no2)cc1)Nc1ccc(F)cc1F. The Balaban J connectivity index is 1.36. The molecule has 0 spiro atoms. The van der Waals surface area contributed by atoms with Crippen molar-refractivity contribution in [2.45, 2.75) is 0 Å². The van der Waals surface area contributed by atoms with Gasteiger partial charge < -0.3 is 14.6 Å². The van der Waals surface area contributed by atoms with E-state index >= 15 is 0 Å². The molecule has 1 aromatic heterocycles. The first-order chi connectivity index (χ1) is 14.6. The average molecular weight is 407 g/mol. The van der Waals surface area contributed by atoms with Crippen LogP contribution < -0.4 is 10.1 Å². The van der Waals surface area contributed by atoms with Crippen molar-refractivity contribution in [1.29, 1.82) is 0 Å². The first-order valence-electron chi connectivity index (χ1n) is 8.96. The maximum absolute atomic E-state index is 13.6. The Bertz CT molecular complexity index is 1160. The maximum atomic E-state index is 13.6. The number of benzene rings is 3. The van der Waals surface area contributed by atoms with Gasteiger partial charge in [0.05, 0.1) is 5.69 Å². The molecule has 6 nitrogen and oxygen atoms in total. The van der Waals surface area contributed by atoms with Gasteiger partial charge in [-0.3, -0.25) is 4.79 Å². The molecule has 0 saturated heterocycles. The molecule has 8 heteroatoms. The van der Waals surface area contributed by atoms with Crippen molar-refractivity contribution in [3.8, 4) is 28.6 Å². The van der Waals surface area contributed by atoms with Gasteiger partial charge in [0.2, 0.25) is 5.82 Å². The highest BCUT2D eigenvalue weighted by Crippen LogP contribution is 2.24. The van der Waals surface area contributed by atoms with E-state index in [-0.39, 0.29) is 12.3 Å². The number of nitrogens with zero attached hydrogens (tertiary/aromatic N) is 2. The fourth-order valence-corrected chi connectivity index (χ4v) is 2.66. The molecule has 3 aromatic carbocycles. The van der Waals surface area contributed by atoms with Crippen molar-refractivity contribution < 1.29 is 22.8 Å². The molecule has 4 aromatic rings. The maximum Gasteiger partial charge on any atom is 0.262 e. The van der Waals surface area contributed by atoms with Crippen molar-refractivity contribution in [3.63, 3.8) is 0 Å². The van der Waals surface area contributed by atoms with Gasteiger partial charge in [-0.05, 0) is 36.4 Å². The van der Waals surface area contributed by atoms with Crippen LogP contribution in [0.2, 0.25) is 0 Å². The molecular weight excluding hydrogens is 392 g/mol. The van der Waals surface area contributed by atoms with E-state index in [0.717, 1.165) is 17.7 Å². The highest BCUT2D eigenvalue weighted by molar-refractivity contribution is 5.92. The number of aromatic nitrogens is 2. The van der Waals surface area contributed by atoms with E-state index in [2.05, 4.69) is 15.5 Å². The monoisotopic (exact) mass is 407 g/mol. The Morgan fingerprint density at radius 1 is 0.967 bits per heavy atom. The largest absolute Gasteiger partial charge is 0.484 e. The molecule has 0 aliphatic rings. The van der Waals surface area contributed by atoms with Crippen LogP contribution in [0.1, 0.15) is 0 Å². The van der Waals surface area contributed by atoms with Gasteiger partial charge in [0, 0.05) is 17.2 Å². The average Bonchev–Trinajstić information content (AvgIpc) is 3.26. The minimum absolute atomic E-state index is 0.119. The van der Waals surface area contributed by atoms with E-state index in [1.807, 2.05) is 30.3 Å². The van der Waals surface area contributed by atoms with E-state index < -0.39 is 17.5 Å². The van der Waals surface area contributed by atoms with Gasteiger partial charge >= 0.3 is 0 Å². The molecule has 0 bridgehead atoms. The summed E-state index contributed by atoms with van der Waals surface area (Å²) in [6.45, 7) is -0.338.